The van der Waals surface area contributed by atoms with Crippen molar-refractivity contribution in [3.63, 3.8) is 0 Å². The van der Waals surface area contributed by atoms with Gasteiger partial charge in [-0.1, -0.05) is 49.7 Å². The van der Waals surface area contributed by atoms with Gasteiger partial charge < -0.3 is 14.9 Å². The number of hydrogen-bond acceptors (Lipinski definition) is 5. The highest BCUT2D eigenvalue weighted by Gasteiger charge is 2.47. The summed E-state index contributed by atoms with van der Waals surface area (Å²) < 4.78 is 5.53. The van der Waals surface area contributed by atoms with Crippen molar-refractivity contribution in [2.45, 2.75) is 32.7 Å². The second-order valence-electron chi connectivity index (χ2n) is 8.59. The maximum absolute atomic E-state index is 13.3. The molecule has 180 valence electrons. The number of ether oxygens (including phenoxy) is 1. The molecule has 0 radical (unpaired) electrons. The molecular formula is C28H26ClNO5. The highest BCUT2D eigenvalue weighted by molar-refractivity contribution is 6.51. The Morgan fingerprint density at radius 1 is 1.06 bits per heavy atom. The van der Waals surface area contributed by atoms with E-state index in [0.29, 0.717) is 34.5 Å². The molecule has 1 aliphatic rings. The number of aliphatic hydroxyl groups is 1. The molecule has 0 saturated carbocycles. The van der Waals surface area contributed by atoms with Gasteiger partial charge in [-0.2, -0.15) is 0 Å². The van der Waals surface area contributed by atoms with E-state index in [0.717, 1.165) is 5.56 Å². The van der Waals surface area contributed by atoms with Gasteiger partial charge in [0.25, 0.3) is 11.7 Å². The Bertz CT molecular complexity index is 1310. The quantitative estimate of drug-likeness (QED) is 0.244. The van der Waals surface area contributed by atoms with E-state index < -0.39 is 17.7 Å². The number of carbonyl (C=O) groups is 2. The molecule has 1 fully saturated rings. The lowest BCUT2D eigenvalue weighted by atomic mass is 9.94. The van der Waals surface area contributed by atoms with Crippen LogP contribution in [0.2, 0.25) is 5.02 Å². The van der Waals surface area contributed by atoms with Crippen LogP contribution in [0.5, 0.6) is 11.5 Å². The molecule has 35 heavy (non-hydrogen) atoms. The maximum Gasteiger partial charge on any atom is 0.300 e. The van der Waals surface area contributed by atoms with Gasteiger partial charge >= 0.3 is 0 Å². The third kappa shape index (κ3) is 4.62. The summed E-state index contributed by atoms with van der Waals surface area (Å²) in [7, 11) is 0. The predicted octanol–water partition coefficient (Wildman–Crippen LogP) is 6.19. The summed E-state index contributed by atoms with van der Waals surface area (Å²) in [6.45, 7) is 6.30. The van der Waals surface area contributed by atoms with E-state index >= 15 is 0 Å². The SMILES string of the molecule is CCOc1cc(/C(O)=C2/C(=O)C(=O)N(c3ccc(C(C)C)cc3)C2c2cccc(O)c2)ccc1Cl. The first-order chi connectivity index (χ1) is 16.7. The minimum absolute atomic E-state index is 0.0200. The number of nitrogens with zero attached hydrogens (tertiary/aromatic N) is 1. The number of phenols is 1. The second kappa shape index (κ2) is 9.84. The van der Waals surface area contributed by atoms with E-state index in [1.807, 2.05) is 12.1 Å². The number of aromatic hydroxyl groups is 1. The lowest BCUT2D eigenvalue weighted by molar-refractivity contribution is -0.132. The fourth-order valence-corrected chi connectivity index (χ4v) is 4.37. The van der Waals surface area contributed by atoms with Crippen molar-refractivity contribution in [2.24, 2.45) is 0 Å². The summed E-state index contributed by atoms with van der Waals surface area (Å²) in [5, 5.41) is 21.8. The van der Waals surface area contributed by atoms with Crippen LogP contribution in [0.4, 0.5) is 5.69 Å². The van der Waals surface area contributed by atoms with Gasteiger partial charge in [-0.3, -0.25) is 14.5 Å². The van der Waals surface area contributed by atoms with Gasteiger partial charge in [-0.15, -0.1) is 0 Å². The Morgan fingerprint density at radius 2 is 1.77 bits per heavy atom. The van der Waals surface area contributed by atoms with Gasteiger partial charge in [0, 0.05) is 11.3 Å². The van der Waals surface area contributed by atoms with E-state index in [-0.39, 0.29) is 22.6 Å². The zero-order valence-electron chi connectivity index (χ0n) is 19.7. The summed E-state index contributed by atoms with van der Waals surface area (Å²) >= 11 is 6.19. The highest BCUT2D eigenvalue weighted by Crippen LogP contribution is 2.43. The number of Topliss-reactive ketones (excluding diaryl/α,β-unsaturated/α-hetero) is 1. The standard InChI is InChI=1S/C28H26ClNO5/c1-4-35-23-15-19(10-13-22(23)29)26(32)24-25(18-6-5-7-21(31)14-18)30(28(34)27(24)33)20-11-8-17(9-12-20)16(2)3/h5-16,25,31-32H,4H2,1-3H3/b26-24-. The van der Waals surface area contributed by atoms with Gasteiger partial charge in [0.15, 0.2) is 0 Å². The molecule has 1 saturated heterocycles. The molecule has 3 aromatic carbocycles. The Morgan fingerprint density at radius 3 is 2.40 bits per heavy atom. The average molecular weight is 492 g/mol. The number of hydrogen-bond donors (Lipinski definition) is 2. The van der Waals surface area contributed by atoms with E-state index in [1.165, 1.54) is 23.1 Å². The zero-order chi connectivity index (χ0) is 25.3. The Kier molecular flexibility index (Phi) is 6.85. The summed E-state index contributed by atoms with van der Waals surface area (Å²) in [6.07, 6.45) is 0. The van der Waals surface area contributed by atoms with Crippen molar-refractivity contribution in [1.29, 1.82) is 0 Å². The molecular weight excluding hydrogens is 466 g/mol. The van der Waals surface area contributed by atoms with E-state index in [9.17, 15) is 19.8 Å². The first kappa shape index (κ1) is 24.4. The fourth-order valence-electron chi connectivity index (χ4n) is 4.20. The monoisotopic (exact) mass is 491 g/mol. The van der Waals surface area contributed by atoms with E-state index in [4.69, 9.17) is 16.3 Å². The number of benzene rings is 3. The van der Waals surface area contributed by atoms with E-state index in [2.05, 4.69) is 13.8 Å². The van der Waals surface area contributed by atoms with Crippen molar-refractivity contribution in [1.82, 2.24) is 0 Å². The lowest BCUT2D eigenvalue weighted by Gasteiger charge is -2.26. The Labute approximate surface area is 209 Å². The van der Waals surface area contributed by atoms with Crippen LogP contribution >= 0.6 is 11.6 Å². The minimum Gasteiger partial charge on any atom is -0.508 e. The number of ketones is 1. The van der Waals surface area contributed by atoms with E-state index in [1.54, 1.807) is 43.3 Å². The van der Waals surface area contributed by atoms with Crippen molar-refractivity contribution in [3.05, 3.63) is 94.0 Å². The molecule has 1 aliphatic heterocycles. The molecule has 1 amide bonds. The van der Waals surface area contributed by atoms with Gasteiger partial charge in [-0.25, -0.2) is 0 Å². The average Bonchev–Trinajstić information content (AvgIpc) is 3.10. The van der Waals surface area contributed by atoms with Crippen LogP contribution in [-0.4, -0.2) is 28.5 Å². The molecule has 3 aromatic rings. The number of phenolic OH excluding ortho intramolecular Hbond substituents is 1. The number of carbonyl (C=O) groups excluding carboxylic acids is 2. The molecule has 4 rings (SSSR count). The van der Waals surface area contributed by atoms with Crippen molar-refractivity contribution >= 4 is 34.7 Å². The summed E-state index contributed by atoms with van der Waals surface area (Å²) in [5.74, 6) is -1.31. The smallest absolute Gasteiger partial charge is 0.300 e. The molecule has 7 heteroatoms. The predicted molar refractivity (Wildman–Crippen MR) is 136 cm³/mol. The number of amides is 1. The zero-order valence-corrected chi connectivity index (χ0v) is 20.4. The number of rotatable bonds is 6. The first-order valence-electron chi connectivity index (χ1n) is 11.4. The summed E-state index contributed by atoms with van der Waals surface area (Å²) in [5.41, 5.74) is 2.28. The largest absolute Gasteiger partial charge is 0.508 e. The van der Waals surface area contributed by atoms with Crippen LogP contribution in [0.25, 0.3) is 5.76 Å². The van der Waals surface area contributed by atoms with Crippen LogP contribution in [0, 0.1) is 0 Å². The van der Waals surface area contributed by atoms with Crippen LogP contribution in [0.1, 0.15) is 49.4 Å². The van der Waals surface area contributed by atoms with Crippen LogP contribution < -0.4 is 9.64 Å². The lowest BCUT2D eigenvalue weighted by Crippen LogP contribution is -2.29. The molecule has 1 heterocycles. The Balaban J connectivity index is 1.91. The third-order valence-corrected chi connectivity index (χ3v) is 6.29. The minimum atomic E-state index is -0.946. The first-order valence-corrected chi connectivity index (χ1v) is 11.7. The molecule has 6 nitrogen and oxygen atoms in total. The Hall–Kier alpha value is -3.77. The molecule has 0 aromatic heterocycles. The summed E-state index contributed by atoms with van der Waals surface area (Å²) in [4.78, 5) is 27.9. The van der Waals surface area contributed by atoms with Crippen molar-refractivity contribution in [3.8, 4) is 11.5 Å². The third-order valence-electron chi connectivity index (χ3n) is 5.97. The number of anilines is 1. The number of aliphatic hydroxyl groups excluding tert-OH is 1. The second-order valence-corrected chi connectivity index (χ2v) is 9.00. The van der Waals surface area contributed by atoms with Crippen molar-refractivity contribution in [2.75, 3.05) is 11.5 Å². The van der Waals surface area contributed by atoms with Gasteiger partial charge in [0.05, 0.1) is 23.2 Å². The van der Waals surface area contributed by atoms with Crippen LogP contribution in [-0.2, 0) is 9.59 Å². The summed E-state index contributed by atoms with van der Waals surface area (Å²) in [6, 6.07) is 17.4. The highest BCUT2D eigenvalue weighted by atomic mass is 35.5. The molecule has 2 N–H and O–H groups in total. The fraction of sp³-hybridized carbons (Fsp3) is 0.214. The normalized spacial score (nSPS) is 17.3. The van der Waals surface area contributed by atoms with Gasteiger partial charge in [-0.05, 0) is 66.4 Å². The maximum atomic E-state index is 13.3. The molecule has 1 unspecified atom stereocenters. The van der Waals surface area contributed by atoms with Crippen LogP contribution in [0.15, 0.2) is 72.3 Å². The van der Waals surface area contributed by atoms with Gasteiger partial charge in [0.2, 0.25) is 0 Å². The van der Waals surface area contributed by atoms with Gasteiger partial charge in [0.1, 0.15) is 17.3 Å². The van der Waals surface area contributed by atoms with Crippen molar-refractivity contribution < 1.29 is 24.5 Å². The van der Waals surface area contributed by atoms with Crippen LogP contribution in [0.3, 0.4) is 0 Å². The molecule has 0 aliphatic carbocycles. The molecule has 0 bridgehead atoms. The number of halogens is 1. The molecule has 1 atom stereocenters. The topological polar surface area (TPSA) is 87.1 Å². The molecule has 0 spiro atoms.